The molecule has 0 saturated heterocycles. The fraction of sp³-hybridized carbons (Fsp3) is 0.194. The molecule has 4 aliphatic rings. The third-order valence-corrected chi connectivity index (χ3v) is 18.7. The van der Waals surface area contributed by atoms with Gasteiger partial charge in [-0.2, -0.15) is 0 Å². The summed E-state index contributed by atoms with van der Waals surface area (Å²) in [5.74, 6) is 0. The Morgan fingerprint density at radius 3 is 0.915 bits per heavy atom. The van der Waals surface area contributed by atoms with Crippen LogP contribution in [-0.4, -0.2) is 19.0 Å². The minimum Gasteiger partial charge on any atom is -0.0688 e. The van der Waals surface area contributed by atoms with Crippen LogP contribution in [0, 0.1) is 0 Å². The zero-order chi connectivity index (χ0) is 49.9. The first kappa shape index (κ1) is 49.0. The zero-order valence-electron chi connectivity index (χ0n) is 42.3. The van der Waals surface area contributed by atoms with Gasteiger partial charge in [0, 0.05) is 30.6 Å². The van der Waals surface area contributed by atoms with Crippen LogP contribution in [0.2, 0.25) is 6.55 Å². The first-order chi connectivity index (χ1) is 34.0. The summed E-state index contributed by atoms with van der Waals surface area (Å²) >= 11 is 7.12. The number of rotatable bonds is 3. The van der Waals surface area contributed by atoms with Crippen molar-refractivity contribution in [1.29, 1.82) is 0 Å². The van der Waals surface area contributed by atoms with Crippen molar-refractivity contribution in [2.45, 2.75) is 83.6 Å². The van der Waals surface area contributed by atoms with Crippen LogP contribution in [0.1, 0.15) is 99.9 Å². The molecule has 0 nitrogen and oxygen atoms in total. The Hall–Kier alpha value is -5.63. The van der Waals surface area contributed by atoms with E-state index in [9.17, 15) is 0 Å². The highest BCUT2D eigenvalue weighted by atomic mass is 79.9. The van der Waals surface area contributed by atoms with E-state index in [1.807, 2.05) is 0 Å². The van der Waals surface area contributed by atoms with Crippen LogP contribution in [0.3, 0.4) is 0 Å². The van der Waals surface area contributed by atoms with Crippen molar-refractivity contribution in [3.63, 3.8) is 0 Å². The molecule has 0 amide bonds. The summed E-state index contributed by atoms with van der Waals surface area (Å²) in [5.41, 5.74) is 23.2. The van der Waals surface area contributed by atoms with Gasteiger partial charge in [0.15, 0.2) is 0 Å². The molecule has 0 unspecified atom stereocenters. The summed E-state index contributed by atoms with van der Waals surface area (Å²) in [6.07, 6.45) is 0. The van der Waals surface area contributed by atoms with Crippen molar-refractivity contribution < 1.29 is 0 Å². The van der Waals surface area contributed by atoms with Crippen molar-refractivity contribution in [2.24, 2.45) is 0 Å². The van der Waals surface area contributed by atoms with Crippen LogP contribution in [0.15, 0.2) is 209 Å². The van der Waals surface area contributed by atoms with Gasteiger partial charge in [-0.15, -0.1) is 0 Å². The summed E-state index contributed by atoms with van der Waals surface area (Å²) in [6, 6.07) is 72.9. The second-order valence-electron chi connectivity index (χ2n) is 21.3. The van der Waals surface area contributed by atoms with Crippen LogP contribution >= 0.6 is 31.9 Å². The van der Waals surface area contributed by atoms with Gasteiger partial charge in [-0.25, -0.2) is 0 Å². The maximum atomic E-state index is 3.56. The van der Waals surface area contributed by atoms with Crippen LogP contribution in [-0.2, 0) is 21.7 Å². The van der Waals surface area contributed by atoms with E-state index in [0.717, 1.165) is 28.0 Å². The van der Waals surface area contributed by atoms with Crippen molar-refractivity contribution in [2.75, 3.05) is 0 Å². The second-order valence-corrected chi connectivity index (χ2v) is 25.6. The SMILES string of the molecule is CC1(C)c2ccccc2-c2ccc(Br)cc21.CC1(C)c2ccccc2-c2ccc(Br)cc21.CC1(C)c2ccccc2-c2ccc([Si]c3ccccc3)cc21.C[Si]c1ccc2c(c1)C(C)(C)c1ccccc1-2. The van der Waals surface area contributed by atoms with Gasteiger partial charge < -0.3 is 0 Å². The molecule has 0 fully saturated rings. The van der Waals surface area contributed by atoms with Gasteiger partial charge in [0.2, 0.25) is 0 Å². The van der Waals surface area contributed by atoms with E-state index < -0.39 is 0 Å². The summed E-state index contributed by atoms with van der Waals surface area (Å²) in [6.45, 7) is 20.8. The molecule has 0 spiro atoms. The highest BCUT2D eigenvalue weighted by molar-refractivity contribution is 9.10. The lowest BCUT2D eigenvalue weighted by molar-refractivity contribution is 0.660. The molecule has 9 aromatic carbocycles. The standard InChI is InChI=1S/C21H18Si.C16H16Si.2C15H13Br/c1-21(2)19-11-7-6-10-17(19)18-13-12-16(14-20(18)21)22-15-8-4-3-5-9-15;1-16(2)14-7-5-4-6-12(14)13-9-8-11(17-3)10-15(13)16;2*1-15(2)13-6-4-3-5-11(13)12-8-7-10(16)9-14(12)15/h3-14H,1-2H3;4-10H,1-3H3;2*3-9H,1-2H3. The summed E-state index contributed by atoms with van der Waals surface area (Å²) in [4.78, 5) is 0. The van der Waals surface area contributed by atoms with E-state index in [2.05, 4.69) is 294 Å². The maximum Gasteiger partial charge on any atom is 0.121 e. The van der Waals surface area contributed by atoms with Gasteiger partial charge >= 0.3 is 0 Å². The monoisotopic (exact) mass is 1080 g/mol. The predicted molar refractivity (Wildman–Crippen MR) is 314 cm³/mol. The molecular weight excluding hydrogens is 1020 g/mol. The topological polar surface area (TPSA) is 0 Å². The minimum absolute atomic E-state index is 0.100. The third-order valence-electron chi connectivity index (χ3n) is 15.6. The summed E-state index contributed by atoms with van der Waals surface area (Å²) in [5, 5.41) is 4.28. The van der Waals surface area contributed by atoms with Gasteiger partial charge in [0.1, 0.15) is 9.52 Å². The maximum absolute atomic E-state index is 3.56. The molecule has 0 aliphatic heterocycles. The molecule has 0 heterocycles. The third kappa shape index (κ3) is 8.83. The van der Waals surface area contributed by atoms with Crippen molar-refractivity contribution >= 4 is 66.5 Å². The average Bonchev–Trinajstić information content (AvgIpc) is 3.94. The van der Waals surface area contributed by atoms with Crippen LogP contribution in [0.4, 0.5) is 0 Å². The lowest BCUT2D eigenvalue weighted by atomic mass is 9.82. The smallest absolute Gasteiger partial charge is 0.0688 e. The molecule has 0 N–H and O–H groups in total. The molecular formula is C67H60Br2Si2. The molecule has 13 rings (SSSR count). The summed E-state index contributed by atoms with van der Waals surface area (Å²) < 4.78 is 2.32. The Morgan fingerprint density at radius 2 is 0.549 bits per heavy atom. The lowest BCUT2D eigenvalue weighted by Crippen LogP contribution is -2.28. The highest BCUT2D eigenvalue weighted by Gasteiger charge is 2.38. The van der Waals surface area contributed by atoms with Crippen LogP contribution < -0.4 is 15.6 Å². The molecule has 71 heavy (non-hydrogen) atoms. The van der Waals surface area contributed by atoms with E-state index in [4.69, 9.17) is 0 Å². The summed E-state index contributed by atoms with van der Waals surface area (Å²) in [7, 11) is 1.60. The normalized spacial score (nSPS) is 15.3. The fourth-order valence-electron chi connectivity index (χ4n) is 11.7. The van der Waals surface area contributed by atoms with E-state index in [1.54, 1.807) is 0 Å². The van der Waals surface area contributed by atoms with Gasteiger partial charge in [-0.05, 0) is 113 Å². The average molecular weight is 1080 g/mol. The van der Waals surface area contributed by atoms with E-state index in [1.165, 1.54) is 105 Å². The van der Waals surface area contributed by atoms with Gasteiger partial charge in [0.05, 0.1) is 9.52 Å². The number of fused-ring (bicyclic) bond motifs is 12. The lowest BCUT2D eigenvalue weighted by Gasteiger charge is -2.21. The van der Waals surface area contributed by atoms with Crippen LogP contribution in [0.5, 0.6) is 0 Å². The Labute approximate surface area is 445 Å². The quantitative estimate of drug-likeness (QED) is 0.155. The Balaban J connectivity index is 0.000000110. The molecule has 4 radical (unpaired) electrons. The van der Waals surface area contributed by atoms with Gasteiger partial charge in [0.25, 0.3) is 0 Å². The molecule has 0 saturated carbocycles. The second kappa shape index (κ2) is 19.1. The minimum atomic E-state index is 0.100. The molecule has 9 aromatic rings. The number of benzene rings is 9. The molecule has 350 valence electrons. The molecule has 0 bridgehead atoms. The first-order valence-electron chi connectivity index (χ1n) is 24.8. The van der Waals surface area contributed by atoms with E-state index in [0.29, 0.717) is 0 Å². The Morgan fingerprint density at radius 1 is 0.268 bits per heavy atom. The number of halogens is 2. The predicted octanol–water partition coefficient (Wildman–Crippen LogP) is 16.5. The Kier molecular flexibility index (Phi) is 13.2. The van der Waals surface area contributed by atoms with Crippen LogP contribution in [0.25, 0.3) is 44.5 Å². The van der Waals surface area contributed by atoms with E-state index in [-0.39, 0.29) is 21.7 Å². The zero-order valence-corrected chi connectivity index (χ0v) is 47.5. The molecule has 0 aromatic heterocycles. The fourth-order valence-corrected chi connectivity index (χ4v) is 14.0. The van der Waals surface area contributed by atoms with Crippen molar-refractivity contribution in [3.05, 3.63) is 254 Å². The highest BCUT2D eigenvalue weighted by Crippen LogP contribution is 2.52. The van der Waals surface area contributed by atoms with Gasteiger partial charge in [-0.3, -0.25) is 0 Å². The molecule has 0 atom stereocenters. The van der Waals surface area contributed by atoms with Crippen molar-refractivity contribution in [3.8, 4) is 44.5 Å². The molecule has 4 aliphatic carbocycles. The van der Waals surface area contributed by atoms with E-state index >= 15 is 0 Å². The number of hydrogen-bond donors (Lipinski definition) is 0. The Bertz CT molecular complexity index is 3360. The number of hydrogen-bond acceptors (Lipinski definition) is 0. The largest absolute Gasteiger partial charge is 0.121 e. The van der Waals surface area contributed by atoms with Crippen molar-refractivity contribution in [1.82, 2.24) is 0 Å². The first-order valence-corrected chi connectivity index (χ1v) is 28.9. The molecule has 4 heteroatoms. The van der Waals surface area contributed by atoms with Gasteiger partial charge in [-0.1, -0.05) is 285 Å².